The molecule has 0 heterocycles. The molecule has 0 radical (unpaired) electrons. The van der Waals surface area contributed by atoms with Crippen LogP contribution in [0.3, 0.4) is 0 Å². The van der Waals surface area contributed by atoms with Crippen molar-refractivity contribution in [3.63, 3.8) is 0 Å². The molecule has 0 aromatic heterocycles. The van der Waals surface area contributed by atoms with Crippen LogP contribution in [0.25, 0.3) is 0 Å². The van der Waals surface area contributed by atoms with Gasteiger partial charge in [0.2, 0.25) is 0 Å². The smallest absolute Gasteiger partial charge is 0.339 e. The topological polar surface area (TPSA) is 18.5 Å². The van der Waals surface area contributed by atoms with Crippen LogP contribution in [0.15, 0.2) is 0 Å². The Bertz CT molecular complexity index is 121. The average molecular weight is 290 g/mol. The summed E-state index contributed by atoms with van der Waals surface area (Å²) in [5.41, 5.74) is 0. The van der Waals surface area contributed by atoms with Crippen molar-refractivity contribution in [3.05, 3.63) is 0 Å². The van der Waals surface area contributed by atoms with E-state index < -0.39 is 8.56 Å². The van der Waals surface area contributed by atoms with Gasteiger partial charge in [-0.3, -0.25) is 0 Å². The molecule has 0 aromatic rings. The van der Waals surface area contributed by atoms with Gasteiger partial charge in [0.05, 0.1) is 0 Å². The fourth-order valence-corrected chi connectivity index (χ4v) is 6.07. The first-order chi connectivity index (χ1) is 6.24. The minimum absolute atomic E-state index is 0.247. The van der Waals surface area contributed by atoms with Gasteiger partial charge in [0.15, 0.2) is 0 Å². The van der Waals surface area contributed by atoms with Gasteiger partial charge < -0.3 is 8.85 Å². The van der Waals surface area contributed by atoms with Gasteiger partial charge in [-0.05, 0) is 6.04 Å². The summed E-state index contributed by atoms with van der Waals surface area (Å²) in [7, 11) is -0.236. The van der Waals surface area contributed by atoms with Crippen LogP contribution in [0, 0.1) is 0 Å². The summed E-state index contributed by atoms with van der Waals surface area (Å²) >= 11 is 9.02. The minimum atomic E-state index is -1.97. The van der Waals surface area contributed by atoms with Crippen molar-refractivity contribution < 1.29 is 8.85 Å². The van der Waals surface area contributed by atoms with Crippen molar-refractivity contribution in [2.45, 2.75) is 31.9 Å². The quantitative estimate of drug-likeness (QED) is 0.503. The molecule has 0 N–H and O–H groups in total. The molecular weight excluding hydrogens is 272 g/mol. The molecular formula is C8H18BrClO2Si. The van der Waals surface area contributed by atoms with E-state index in [0.717, 1.165) is 23.8 Å². The van der Waals surface area contributed by atoms with E-state index in [0.29, 0.717) is 0 Å². The Kier molecular flexibility index (Phi) is 8.81. The summed E-state index contributed by atoms with van der Waals surface area (Å²) in [5, 5.41) is 0.924. The van der Waals surface area contributed by atoms with Gasteiger partial charge in [0, 0.05) is 18.5 Å². The number of halogens is 2. The fourth-order valence-electron chi connectivity index (χ4n) is 1.22. The SMILES string of the molecule is CCCC[Si](CCBr)(OC)OCCl. The van der Waals surface area contributed by atoms with Crippen molar-refractivity contribution >= 4 is 36.1 Å². The van der Waals surface area contributed by atoms with E-state index in [-0.39, 0.29) is 6.07 Å². The minimum Gasteiger partial charge on any atom is -0.398 e. The predicted molar refractivity (Wildman–Crippen MR) is 62.9 cm³/mol. The van der Waals surface area contributed by atoms with Crippen molar-refractivity contribution in [3.8, 4) is 0 Å². The second kappa shape index (κ2) is 8.23. The first-order valence-corrected chi connectivity index (χ1v) is 8.44. The molecule has 80 valence electrons. The lowest BCUT2D eigenvalue weighted by Crippen LogP contribution is -2.41. The number of hydrogen-bond acceptors (Lipinski definition) is 2. The highest BCUT2D eigenvalue weighted by Crippen LogP contribution is 2.22. The average Bonchev–Trinajstić information content (AvgIpc) is 2.15. The molecule has 0 spiro atoms. The van der Waals surface area contributed by atoms with Gasteiger partial charge in [-0.15, -0.1) is 0 Å². The standard InChI is InChI=1S/C8H18BrClO2Si/c1-3-4-6-13(11-2,7-5-9)12-8-10/h3-8H2,1-2H3. The number of alkyl halides is 2. The van der Waals surface area contributed by atoms with Gasteiger partial charge in [0.25, 0.3) is 0 Å². The third-order valence-electron chi connectivity index (χ3n) is 2.08. The zero-order chi connectivity index (χ0) is 10.2. The molecule has 0 saturated carbocycles. The summed E-state index contributed by atoms with van der Waals surface area (Å²) < 4.78 is 11.1. The molecule has 0 aliphatic heterocycles. The Morgan fingerprint density at radius 1 is 1.38 bits per heavy atom. The van der Waals surface area contributed by atoms with Crippen molar-refractivity contribution in [1.82, 2.24) is 0 Å². The van der Waals surface area contributed by atoms with E-state index >= 15 is 0 Å². The van der Waals surface area contributed by atoms with Crippen LogP contribution < -0.4 is 0 Å². The first-order valence-electron chi connectivity index (χ1n) is 4.55. The molecule has 0 aromatic carbocycles. The third kappa shape index (κ3) is 5.37. The maximum atomic E-state index is 5.60. The van der Waals surface area contributed by atoms with Crippen LogP contribution in [-0.2, 0) is 8.85 Å². The van der Waals surface area contributed by atoms with Crippen LogP contribution in [0.2, 0.25) is 12.1 Å². The summed E-state index contributed by atoms with van der Waals surface area (Å²) in [5.74, 6) is 0. The third-order valence-corrected chi connectivity index (χ3v) is 7.04. The predicted octanol–water partition coefficient (Wildman–Crippen LogP) is 3.48. The molecule has 0 saturated heterocycles. The molecule has 2 nitrogen and oxygen atoms in total. The Hall–Kier alpha value is 0.907. The zero-order valence-electron chi connectivity index (χ0n) is 8.32. The maximum Gasteiger partial charge on any atom is 0.339 e. The first kappa shape index (κ1) is 13.9. The Balaban J connectivity index is 4.07. The summed E-state index contributed by atoms with van der Waals surface area (Å²) in [6.45, 7) is 2.17. The summed E-state index contributed by atoms with van der Waals surface area (Å²) in [4.78, 5) is 0. The van der Waals surface area contributed by atoms with Gasteiger partial charge in [-0.25, -0.2) is 0 Å². The van der Waals surface area contributed by atoms with E-state index in [1.54, 1.807) is 7.11 Å². The molecule has 0 bridgehead atoms. The molecule has 0 amide bonds. The maximum absolute atomic E-state index is 5.60. The Labute approximate surface area is 95.3 Å². The lowest BCUT2D eigenvalue weighted by atomic mass is 10.4. The van der Waals surface area contributed by atoms with E-state index in [2.05, 4.69) is 22.9 Å². The molecule has 1 atom stereocenters. The molecule has 1 unspecified atom stereocenters. The van der Waals surface area contributed by atoms with Crippen molar-refractivity contribution in [2.75, 3.05) is 18.5 Å². The zero-order valence-corrected chi connectivity index (χ0v) is 11.7. The fraction of sp³-hybridized carbons (Fsp3) is 1.00. The Morgan fingerprint density at radius 2 is 2.08 bits per heavy atom. The van der Waals surface area contributed by atoms with Crippen LogP contribution in [0.1, 0.15) is 19.8 Å². The van der Waals surface area contributed by atoms with Crippen molar-refractivity contribution in [1.29, 1.82) is 0 Å². The highest BCUT2D eigenvalue weighted by Gasteiger charge is 2.34. The van der Waals surface area contributed by atoms with E-state index in [1.165, 1.54) is 6.42 Å². The van der Waals surface area contributed by atoms with Gasteiger partial charge in [-0.1, -0.05) is 47.3 Å². The van der Waals surface area contributed by atoms with Gasteiger partial charge in [0.1, 0.15) is 6.07 Å². The molecule has 0 rings (SSSR count). The van der Waals surface area contributed by atoms with E-state index in [1.807, 2.05) is 0 Å². The van der Waals surface area contributed by atoms with Crippen LogP contribution in [0.5, 0.6) is 0 Å². The molecule has 5 heteroatoms. The lowest BCUT2D eigenvalue weighted by Gasteiger charge is -2.27. The van der Waals surface area contributed by atoms with E-state index in [4.69, 9.17) is 20.5 Å². The van der Waals surface area contributed by atoms with Gasteiger partial charge in [-0.2, -0.15) is 0 Å². The second-order valence-corrected chi connectivity index (χ2v) is 7.44. The van der Waals surface area contributed by atoms with Crippen LogP contribution >= 0.6 is 27.5 Å². The number of hydrogen-bond donors (Lipinski definition) is 0. The van der Waals surface area contributed by atoms with Gasteiger partial charge >= 0.3 is 8.56 Å². The number of rotatable bonds is 8. The lowest BCUT2D eigenvalue weighted by molar-refractivity contribution is 0.230. The van der Waals surface area contributed by atoms with E-state index in [9.17, 15) is 0 Å². The van der Waals surface area contributed by atoms with Crippen LogP contribution in [0.4, 0.5) is 0 Å². The normalized spacial score (nSPS) is 15.7. The van der Waals surface area contributed by atoms with Crippen LogP contribution in [-0.4, -0.2) is 27.1 Å². The van der Waals surface area contributed by atoms with Crippen molar-refractivity contribution in [2.24, 2.45) is 0 Å². The monoisotopic (exact) mass is 288 g/mol. The summed E-state index contributed by atoms with van der Waals surface area (Å²) in [6.07, 6.45) is 2.33. The molecule has 13 heavy (non-hydrogen) atoms. The summed E-state index contributed by atoms with van der Waals surface area (Å²) in [6, 6.07) is 2.26. The number of unbranched alkanes of at least 4 members (excludes halogenated alkanes) is 1. The Morgan fingerprint density at radius 3 is 2.46 bits per heavy atom. The highest BCUT2D eigenvalue weighted by molar-refractivity contribution is 9.09. The second-order valence-electron chi connectivity index (χ2n) is 2.91. The molecule has 0 aliphatic rings. The largest absolute Gasteiger partial charge is 0.398 e. The molecule has 0 fully saturated rings. The molecule has 0 aliphatic carbocycles. The highest BCUT2D eigenvalue weighted by atomic mass is 79.9.